The lowest BCUT2D eigenvalue weighted by Gasteiger charge is -2.16. The number of anilines is 2. The summed E-state index contributed by atoms with van der Waals surface area (Å²) in [5, 5.41) is 3.07. The van der Waals surface area contributed by atoms with Crippen LogP contribution in [0.15, 0.2) is 61.2 Å². The number of aromatic nitrogens is 4. The molecule has 1 aliphatic rings. The molecular weight excluding hydrogens is 364 g/mol. The van der Waals surface area contributed by atoms with Crippen molar-refractivity contribution in [3.8, 4) is 0 Å². The molecule has 1 amide bonds. The van der Waals surface area contributed by atoms with Gasteiger partial charge in [0, 0.05) is 44.0 Å². The van der Waals surface area contributed by atoms with Crippen molar-refractivity contribution in [3.05, 3.63) is 72.4 Å². The maximum absolute atomic E-state index is 12.6. The van der Waals surface area contributed by atoms with Gasteiger partial charge < -0.3 is 10.2 Å². The molecule has 1 unspecified atom stereocenters. The van der Waals surface area contributed by atoms with Crippen molar-refractivity contribution in [3.63, 3.8) is 0 Å². The van der Waals surface area contributed by atoms with E-state index >= 15 is 0 Å². The molecule has 7 nitrogen and oxygen atoms in total. The van der Waals surface area contributed by atoms with E-state index in [1.165, 1.54) is 5.56 Å². The van der Waals surface area contributed by atoms with Crippen LogP contribution in [0.2, 0.25) is 0 Å². The standard InChI is InChI=1S/C22H24N6O/c29-21(8-4-7-17-5-2-1-3-6-17)28-14-10-18(16-28)19-9-11-25-22(26-19)27-20-15-23-12-13-24-20/h1-3,5-6,9,11-13,15,18H,4,7-8,10,14,16H2,(H,24,25,26,27). The van der Waals surface area contributed by atoms with E-state index in [-0.39, 0.29) is 11.8 Å². The Kier molecular flexibility index (Phi) is 6.04. The highest BCUT2D eigenvalue weighted by molar-refractivity contribution is 5.76. The van der Waals surface area contributed by atoms with E-state index in [0.717, 1.165) is 31.5 Å². The number of carbonyl (C=O) groups is 1. The fourth-order valence-corrected chi connectivity index (χ4v) is 3.61. The van der Waals surface area contributed by atoms with Crippen LogP contribution in [0, 0.1) is 0 Å². The van der Waals surface area contributed by atoms with Crippen molar-refractivity contribution in [2.75, 3.05) is 18.4 Å². The third-order valence-corrected chi connectivity index (χ3v) is 5.14. The minimum Gasteiger partial charge on any atom is -0.342 e. The summed E-state index contributed by atoms with van der Waals surface area (Å²) in [7, 11) is 0. The van der Waals surface area contributed by atoms with Gasteiger partial charge in [-0.3, -0.25) is 9.78 Å². The lowest BCUT2D eigenvalue weighted by molar-refractivity contribution is -0.130. The van der Waals surface area contributed by atoms with Gasteiger partial charge in [0.1, 0.15) is 0 Å². The van der Waals surface area contributed by atoms with Gasteiger partial charge in [-0.1, -0.05) is 30.3 Å². The second-order valence-electron chi connectivity index (χ2n) is 7.19. The highest BCUT2D eigenvalue weighted by Crippen LogP contribution is 2.27. The molecule has 1 aromatic carbocycles. The molecule has 1 atom stereocenters. The maximum atomic E-state index is 12.6. The molecular formula is C22H24N6O. The minimum atomic E-state index is 0.232. The average molecular weight is 388 g/mol. The van der Waals surface area contributed by atoms with Crippen LogP contribution in [0.4, 0.5) is 11.8 Å². The summed E-state index contributed by atoms with van der Waals surface area (Å²) in [6.45, 7) is 1.50. The number of amides is 1. The second kappa shape index (κ2) is 9.23. The molecule has 1 saturated heterocycles. The summed E-state index contributed by atoms with van der Waals surface area (Å²) in [6.07, 6.45) is 9.93. The first-order chi connectivity index (χ1) is 14.3. The lowest BCUT2D eigenvalue weighted by Crippen LogP contribution is -2.28. The third-order valence-electron chi connectivity index (χ3n) is 5.14. The van der Waals surface area contributed by atoms with Crippen LogP contribution in [-0.4, -0.2) is 43.8 Å². The predicted octanol–water partition coefficient (Wildman–Crippen LogP) is 3.35. The van der Waals surface area contributed by atoms with Crippen molar-refractivity contribution < 1.29 is 4.79 Å². The van der Waals surface area contributed by atoms with E-state index < -0.39 is 0 Å². The number of nitrogens with zero attached hydrogens (tertiary/aromatic N) is 5. The quantitative estimate of drug-likeness (QED) is 0.668. The summed E-state index contributed by atoms with van der Waals surface area (Å²) < 4.78 is 0. The number of benzene rings is 1. The zero-order valence-electron chi connectivity index (χ0n) is 16.2. The molecule has 0 saturated carbocycles. The first-order valence-electron chi connectivity index (χ1n) is 9.95. The van der Waals surface area contributed by atoms with Gasteiger partial charge in [0.25, 0.3) is 0 Å². The molecule has 1 N–H and O–H groups in total. The van der Waals surface area contributed by atoms with Gasteiger partial charge in [-0.05, 0) is 30.9 Å². The highest BCUT2D eigenvalue weighted by atomic mass is 16.2. The fraction of sp³-hybridized carbons (Fsp3) is 0.318. The molecule has 29 heavy (non-hydrogen) atoms. The zero-order valence-corrected chi connectivity index (χ0v) is 16.2. The Morgan fingerprint density at radius 2 is 2.00 bits per heavy atom. The van der Waals surface area contributed by atoms with Gasteiger partial charge in [0.05, 0.1) is 11.9 Å². The van der Waals surface area contributed by atoms with Crippen LogP contribution in [0.1, 0.15) is 36.4 Å². The Labute approximate surface area is 170 Å². The van der Waals surface area contributed by atoms with Crippen molar-refractivity contribution in [1.82, 2.24) is 24.8 Å². The molecule has 7 heteroatoms. The van der Waals surface area contributed by atoms with Crippen LogP contribution in [-0.2, 0) is 11.2 Å². The Morgan fingerprint density at radius 1 is 1.10 bits per heavy atom. The Morgan fingerprint density at radius 3 is 2.83 bits per heavy atom. The SMILES string of the molecule is O=C(CCCc1ccccc1)N1CCC(c2ccnc(Nc3cnccn3)n2)C1. The van der Waals surface area contributed by atoms with Crippen LogP contribution >= 0.6 is 0 Å². The van der Waals surface area contributed by atoms with Crippen LogP contribution < -0.4 is 5.32 Å². The molecule has 3 aromatic rings. The molecule has 0 bridgehead atoms. The van der Waals surface area contributed by atoms with E-state index in [1.807, 2.05) is 29.2 Å². The molecule has 3 heterocycles. The van der Waals surface area contributed by atoms with Crippen LogP contribution in [0.5, 0.6) is 0 Å². The molecule has 1 aliphatic heterocycles. The number of rotatable bonds is 7. The first-order valence-corrected chi connectivity index (χ1v) is 9.95. The Bertz CT molecular complexity index is 934. The van der Waals surface area contributed by atoms with E-state index in [9.17, 15) is 4.79 Å². The number of likely N-dealkylation sites (tertiary alicyclic amines) is 1. The molecule has 0 spiro atoms. The van der Waals surface area contributed by atoms with Gasteiger partial charge in [0.2, 0.25) is 11.9 Å². The highest BCUT2D eigenvalue weighted by Gasteiger charge is 2.28. The molecule has 1 fully saturated rings. The Balaban J connectivity index is 1.30. The van der Waals surface area contributed by atoms with E-state index in [4.69, 9.17) is 0 Å². The van der Waals surface area contributed by atoms with Gasteiger partial charge in [-0.25, -0.2) is 15.0 Å². The van der Waals surface area contributed by atoms with Gasteiger partial charge in [-0.2, -0.15) is 0 Å². The summed E-state index contributed by atoms with van der Waals surface area (Å²) in [4.78, 5) is 31.6. The topological polar surface area (TPSA) is 83.9 Å². The zero-order chi connectivity index (χ0) is 19.9. The van der Waals surface area contributed by atoms with Crippen molar-refractivity contribution >= 4 is 17.7 Å². The van der Waals surface area contributed by atoms with E-state index in [1.54, 1.807) is 24.8 Å². The summed E-state index contributed by atoms with van der Waals surface area (Å²) >= 11 is 0. The number of hydrogen-bond acceptors (Lipinski definition) is 6. The van der Waals surface area contributed by atoms with Gasteiger partial charge >= 0.3 is 0 Å². The number of nitrogens with one attached hydrogen (secondary N) is 1. The van der Waals surface area contributed by atoms with Crippen molar-refractivity contribution in [1.29, 1.82) is 0 Å². The number of hydrogen-bond donors (Lipinski definition) is 1. The van der Waals surface area contributed by atoms with Crippen LogP contribution in [0.25, 0.3) is 0 Å². The Hall–Kier alpha value is -3.35. The van der Waals surface area contributed by atoms with Gasteiger partial charge in [0.15, 0.2) is 5.82 Å². The maximum Gasteiger partial charge on any atom is 0.228 e. The third kappa shape index (κ3) is 5.13. The molecule has 4 rings (SSSR count). The number of aryl methyl sites for hydroxylation is 1. The molecule has 0 radical (unpaired) electrons. The first kappa shape index (κ1) is 19.0. The summed E-state index contributed by atoms with van der Waals surface area (Å²) in [5.74, 6) is 1.57. The second-order valence-corrected chi connectivity index (χ2v) is 7.19. The summed E-state index contributed by atoms with van der Waals surface area (Å²) in [6, 6.07) is 12.2. The predicted molar refractivity (Wildman–Crippen MR) is 111 cm³/mol. The summed E-state index contributed by atoms with van der Waals surface area (Å²) in [5.41, 5.74) is 2.23. The fourth-order valence-electron chi connectivity index (χ4n) is 3.61. The number of carbonyl (C=O) groups excluding carboxylic acids is 1. The van der Waals surface area contributed by atoms with Gasteiger partial charge in [-0.15, -0.1) is 0 Å². The van der Waals surface area contributed by atoms with Crippen molar-refractivity contribution in [2.24, 2.45) is 0 Å². The molecule has 0 aliphatic carbocycles. The molecule has 148 valence electrons. The molecule has 2 aromatic heterocycles. The lowest BCUT2D eigenvalue weighted by atomic mass is 10.1. The average Bonchev–Trinajstić information content (AvgIpc) is 3.26. The monoisotopic (exact) mass is 388 g/mol. The van der Waals surface area contributed by atoms with E-state index in [0.29, 0.717) is 24.7 Å². The van der Waals surface area contributed by atoms with E-state index in [2.05, 4.69) is 37.4 Å². The van der Waals surface area contributed by atoms with Crippen molar-refractivity contribution in [2.45, 2.75) is 31.6 Å². The smallest absolute Gasteiger partial charge is 0.228 e. The minimum absolute atomic E-state index is 0.232. The largest absolute Gasteiger partial charge is 0.342 e. The van der Waals surface area contributed by atoms with Crippen LogP contribution in [0.3, 0.4) is 0 Å². The normalized spacial score (nSPS) is 16.0.